The van der Waals surface area contributed by atoms with Gasteiger partial charge in [-0.25, -0.2) is 0 Å². The molecule has 7 heteroatoms. The van der Waals surface area contributed by atoms with Gasteiger partial charge in [-0.2, -0.15) is 0 Å². The monoisotopic (exact) mass is 341 g/mol. The number of hydrazine groups is 1. The van der Waals surface area contributed by atoms with Gasteiger partial charge in [0.25, 0.3) is 0 Å². The van der Waals surface area contributed by atoms with Crippen molar-refractivity contribution in [2.24, 2.45) is 0 Å². The van der Waals surface area contributed by atoms with Crippen LogP contribution in [-0.4, -0.2) is 17.0 Å². The van der Waals surface area contributed by atoms with E-state index in [1.54, 1.807) is 19.9 Å². The van der Waals surface area contributed by atoms with Crippen LogP contribution in [0.2, 0.25) is 0 Å². The molecule has 0 aliphatic rings. The number of carbonyl (C=O) groups excluding carboxylic acids is 2. The Morgan fingerprint density at radius 3 is 2.56 bits per heavy atom. The number of furan rings is 1. The number of rotatable bonds is 4. The maximum atomic E-state index is 12.2. The van der Waals surface area contributed by atoms with E-state index in [-0.39, 0.29) is 18.1 Å². The molecular formula is C18H19N3O4. The number of carbonyl (C=O) groups is 2. The van der Waals surface area contributed by atoms with Crippen LogP contribution in [0.25, 0.3) is 11.0 Å². The smallest absolute Gasteiger partial charge is 0.305 e. The number of benzene rings is 1. The number of fused-ring (bicyclic) bond motifs is 1. The second kappa shape index (κ2) is 6.80. The summed E-state index contributed by atoms with van der Waals surface area (Å²) in [5, 5.41) is 4.72. The lowest BCUT2D eigenvalue weighted by molar-refractivity contribution is -0.121. The van der Waals surface area contributed by atoms with E-state index in [1.165, 1.54) is 0 Å². The van der Waals surface area contributed by atoms with E-state index in [9.17, 15) is 9.59 Å². The Labute approximate surface area is 144 Å². The Bertz CT molecular complexity index is 920. The molecule has 0 saturated carbocycles. The Hall–Kier alpha value is -3.09. The Balaban J connectivity index is 1.58. The molecule has 0 bridgehead atoms. The largest absolute Gasteiger partial charge is 0.451 e. The summed E-state index contributed by atoms with van der Waals surface area (Å²) in [7, 11) is 0. The molecule has 3 rings (SSSR count). The van der Waals surface area contributed by atoms with Gasteiger partial charge in [0.1, 0.15) is 11.3 Å². The predicted molar refractivity (Wildman–Crippen MR) is 90.9 cm³/mol. The van der Waals surface area contributed by atoms with Crippen LogP contribution in [0, 0.1) is 20.8 Å². The van der Waals surface area contributed by atoms with Crippen molar-refractivity contribution < 1.29 is 18.5 Å². The fourth-order valence-corrected chi connectivity index (χ4v) is 2.73. The highest BCUT2D eigenvalue weighted by Gasteiger charge is 2.18. The molecular weight excluding hydrogens is 322 g/mol. The lowest BCUT2D eigenvalue weighted by Gasteiger charge is -2.06. The molecule has 2 N–H and O–H groups in total. The van der Waals surface area contributed by atoms with Gasteiger partial charge in [0.05, 0.1) is 5.69 Å². The lowest BCUT2D eigenvalue weighted by Crippen LogP contribution is -2.41. The van der Waals surface area contributed by atoms with Gasteiger partial charge >= 0.3 is 5.91 Å². The first-order valence-electron chi connectivity index (χ1n) is 7.96. The van der Waals surface area contributed by atoms with Gasteiger partial charge in [-0.15, -0.1) is 0 Å². The summed E-state index contributed by atoms with van der Waals surface area (Å²) in [6, 6.07) is 7.39. The van der Waals surface area contributed by atoms with Crippen LogP contribution in [0.3, 0.4) is 0 Å². The first kappa shape index (κ1) is 16.8. The van der Waals surface area contributed by atoms with E-state index < -0.39 is 5.91 Å². The topological polar surface area (TPSA) is 97.4 Å². The molecule has 0 saturated heterocycles. The van der Waals surface area contributed by atoms with Crippen molar-refractivity contribution in [1.82, 2.24) is 16.0 Å². The van der Waals surface area contributed by atoms with Crippen molar-refractivity contribution in [3.05, 3.63) is 52.6 Å². The summed E-state index contributed by atoms with van der Waals surface area (Å²) in [5.41, 5.74) is 7.84. The SMILES string of the molecule is Cc1noc(C)c1CCC(=O)NNC(=O)c1oc2ccccc2c1C. The Morgan fingerprint density at radius 2 is 1.88 bits per heavy atom. The number of nitrogens with one attached hydrogen (secondary N) is 2. The van der Waals surface area contributed by atoms with E-state index in [4.69, 9.17) is 8.94 Å². The number of para-hydroxylation sites is 1. The van der Waals surface area contributed by atoms with Gasteiger partial charge in [0, 0.05) is 22.9 Å². The van der Waals surface area contributed by atoms with Gasteiger partial charge in [-0.3, -0.25) is 20.4 Å². The molecule has 0 fully saturated rings. The van der Waals surface area contributed by atoms with Crippen molar-refractivity contribution in [2.45, 2.75) is 33.6 Å². The van der Waals surface area contributed by atoms with Crippen LogP contribution >= 0.6 is 0 Å². The number of amides is 2. The van der Waals surface area contributed by atoms with Crippen molar-refractivity contribution >= 4 is 22.8 Å². The van der Waals surface area contributed by atoms with Crippen LogP contribution in [0.15, 0.2) is 33.2 Å². The molecule has 0 unspecified atom stereocenters. The molecule has 2 aromatic heterocycles. The van der Waals surface area contributed by atoms with Crippen LogP contribution in [0.5, 0.6) is 0 Å². The molecule has 7 nitrogen and oxygen atoms in total. The average molecular weight is 341 g/mol. The number of aromatic nitrogens is 1. The fourth-order valence-electron chi connectivity index (χ4n) is 2.73. The van der Waals surface area contributed by atoms with Crippen molar-refractivity contribution in [3.63, 3.8) is 0 Å². The second-order valence-corrected chi connectivity index (χ2v) is 5.86. The van der Waals surface area contributed by atoms with Crippen LogP contribution in [-0.2, 0) is 11.2 Å². The van der Waals surface area contributed by atoms with Crippen molar-refractivity contribution in [3.8, 4) is 0 Å². The summed E-state index contributed by atoms with van der Waals surface area (Å²) in [5.74, 6) is 0.0981. The minimum atomic E-state index is -0.487. The number of hydrogen-bond acceptors (Lipinski definition) is 5. The molecule has 2 amide bonds. The number of aryl methyl sites for hydroxylation is 3. The van der Waals surface area contributed by atoms with Crippen LogP contribution in [0.4, 0.5) is 0 Å². The minimum Gasteiger partial charge on any atom is -0.451 e. The highest BCUT2D eigenvalue weighted by atomic mass is 16.5. The fraction of sp³-hybridized carbons (Fsp3) is 0.278. The number of nitrogens with zero attached hydrogens (tertiary/aromatic N) is 1. The van der Waals surface area contributed by atoms with Crippen LogP contribution < -0.4 is 10.9 Å². The minimum absolute atomic E-state index is 0.187. The zero-order valence-corrected chi connectivity index (χ0v) is 14.3. The predicted octanol–water partition coefficient (Wildman–Crippen LogP) is 2.74. The average Bonchev–Trinajstić information content (AvgIpc) is 3.11. The molecule has 0 aliphatic heterocycles. The molecule has 25 heavy (non-hydrogen) atoms. The summed E-state index contributed by atoms with van der Waals surface area (Å²) in [6.45, 7) is 5.44. The van der Waals surface area contributed by atoms with E-state index in [0.717, 1.165) is 22.2 Å². The molecule has 2 heterocycles. The zero-order chi connectivity index (χ0) is 18.0. The van der Waals surface area contributed by atoms with Crippen LogP contribution in [0.1, 0.15) is 39.6 Å². The van der Waals surface area contributed by atoms with Gasteiger partial charge in [-0.1, -0.05) is 23.4 Å². The van der Waals surface area contributed by atoms with E-state index in [1.807, 2.05) is 25.1 Å². The Morgan fingerprint density at radius 1 is 1.12 bits per heavy atom. The van der Waals surface area contributed by atoms with Crippen molar-refractivity contribution in [2.75, 3.05) is 0 Å². The van der Waals surface area contributed by atoms with Crippen molar-refractivity contribution in [1.29, 1.82) is 0 Å². The third kappa shape index (κ3) is 3.40. The first-order chi connectivity index (χ1) is 12.0. The van der Waals surface area contributed by atoms with E-state index in [0.29, 0.717) is 17.8 Å². The van der Waals surface area contributed by atoms with Gasteiger partial charge in [0.15, 0.2) is 5.76 Å². The molecule has 130 valence electrons. The first-order valence-corrected chi connectivity index (χ1v) is 7.96. The number of hydrogen-bond donors (Lipinski definition) is 2. The molecule has 3 aromatic rings. The highest BCUT2D eigenvalue weighted by molar-refractivity contribution is 5.99. The summed E-state index contributed by atoms with van der Waals surface area (Å²) in [6.07, 6.45) is 0.703. The maximum absolute atomic E-state index is 12.2. The maximum Gasteiger partial charge on any atom is 0.305 e. The second-order valence-electron chi connectivity index (χ2n) is 5.86. The van der Waals surface area contributed by atoms with E-state index in [2.05, 4.69) is 16.0 Å². The molecule has 0 atom stereocenters. The summed E-state index contributed by atoms with van der Waals surface area (Å²) >= 11 is 0. The summed E-state index contributed by atoms with van der Waals surface area (Å²) in [4.78, 5) is 24.2. The highest BCUT2D eigenvalue weighted by Crippen LogP contribution is 2.24. The normalized spacial score (nSPS) is 10.8. The lowest BCUT2D eigenvalue weighted by atomic mass is 10.1. The van der Waals surface area contributed by atoms with Gasteiger partial charge < -0.3 is 8.94 Å². The third-order valence-corrected chi connectivity index (χ3v) is 4.15. The standard InChI is InChI=1S/C18H19N3O4/c1-10-13-6-4-5-7-15(13)24-17(10)18(23)20-19-16(22)9-8-14-11(2)21-25-12(14)3/h4-7H,8-9H2,1-3H3,(H,19,22)(H,20,23). The quantitative estimate of drug-likeness (QED) is 0.711. The molecule has 0 aliphatic carbocycles. The van der Waals surface area contributed by atoms with E-state index >= 15 is 0 Å². The molecule has 1 aromatic carbocycles. The third-order valence-electron chi connectivity index (χ3n) is 4.15. The molecule has 0 spiro atoms. The zero-order valence-electron chi connectivity index (χ0n) is 14.3. The molecule has 0 radical (unpaired) electrons. The van der Waals surface area contributed by atoms with Gasteiger partial charge in [-0.05, 0) is 33.3 Å². The van der Waals surface area contributed by atoms with Gasteiger partial charge in [0.2, 0.25) is 5.91 Å². The summed E-state index contributed by atoms with van der Waals surface area (Å²) < 4.78 is 10.6. The Kier molecular flexibility index (Phi) is 4.56.